The zero-order chi connectivity index (χ0) is 18.7. The molecule has 0 unspecified atom stereocenters. The molecule has 1 heterocycles. The van der Waals surface area contributed by atoms with Gasteiger partial charge in [0.25, 0.3) is 0 Å². The highest BCUT2D eigenvalue weighted by molar-refractivity contribution is 6.29. The van der Waals surface area contributed by atoms with Crippen LogP contribution < -0.4 is 16.0 Å². The molecular weight excluding hydrogens is 342 g/mol. The summed E-state index contributed by atoms with van der Waals surface area (Å²) in [4.78, 5) is 20.1. The maximum absolute atomic E-state index is 11.5. The highest BCUT2D eigenvalue weighted by Crippen LogP contribution is 2.06. The number of nitrogens with one attached hydrogen (secondary N) is 3. The van der Waals surface area contributed by atoms with Gasteiger partial charge in [-0.3, -0.25) is 0 Å². The number of ether oxygens (including phenoxy) is 1. The number of nitrogens with zero attached hydrogens (tertiary/aromatic N) is 2. The van der Waals surface area contributed by atoms with Crippen LogP contribution in [0.5, 0.6) is 0 Å². The lowest BCUT2D eigenvalue weighted by Crippen LogP contribution is -2.39. The predicted molar refractivity (Wildman–Crippen MR) is 101 cm³/mol. The molecule has 140 valence electrons. The molecule has 1 aromatic heterocycles. The molecule has 8 heteroatoms. The fraction of sp³-hybridized carbons (Fsp3) is 0.588. The second-order valence-electron chi connectivity index (χ2n) is 6.39. The summed E-state index contributed by atoms with van der Waals surface area (Å²) in [7, 11) is 0. The molecule has 1 aromatic rings. The molecule has 0 fully saturated rings. The number of halogens is 1. The van der Waals surface area contributed by atoms with Crippen molar-refractivity contribution in [2.24, 2.45) is 4.99 Å². The molecule has 7 nitrogen and oxygen atoms in total. The van der Waals surface area contributed by atoms with E-state index in [-0.39, 0.29) is 0 Å². The maximum atomic E-state index is 11.5. The molecule has 0 atom stereocenters. The molecular formula is C17H28ClN5O2. The average Bonchev–Trinajstić information content (AvgIpc) is 2.52. The lowest BCUT2D eigenvalue weighted by Gasteiger charge is -2.19. The molecule has 0 aromatic carbocycles. The van der Waals surface area contributed by atoms with Crippen LogP contribution in [0.4, 0.5) is 4.79 Å². The van der Waals surface area contributed by atoms with E-state index in [9.17, 15) is 4.79 Å². The van der Waals surface area contributed by atoms with Crippen LogP contribution in [-0.2, 0) is 11.3 Å². The number of hydrogen-bond donors (Lipinski definition) is 3. The van der Waals surface area contributed by atoms with Crippen molar-refractivity contribution in [3.63, 3.8) is 0 Å². The molecule has 25 heavy (non-hydrogen) atoms. The molecule has 3 N–H and O–H groups in total. The van der Waals surface area contributed by atoms with Crippen molar-refractivity contribution in [1.29, 1.82) is 0 Å². The predicted octanol–water partition coefficient (Wildman–Crippen LogP) is 2.70. The van der Waals surface area contributed by atoms with E-state index in [2.05, 4.69) is 25.9 Å². The number of aliphatic imine (C=N–C) groups is 1. The Balaban J connectivity index is 2.31. The van der Waals surface area contributed by atoms with E-state index in [1.165, 1.54) is 0 Å². The van der Waals surface area contributed by atoms with E-state index >= 15 is 0 Å². The van der Waals surface area contributed by atoms with Crippen LogP contribution in [0.2, 0.25) is 5.15 Å². The Kier molecular flexibility index (Phi) is 9.05. The minimum atomic E-state index is -0.482. The Hall–Kier alpha value is -2.02. The summed E-state index contributed by atoms with van der Waals surface area (Å²) in [5.74, 6) is 0.717. The molecule has 0 saturated heterocycles. The summed E-state index contributed by atoms with van der Waals surface area (Å²) >= 11 is 5.77. The number of carbonyl (C=O) groups excluding carboxylic acids is 1. The number of aromatic nitrogens is 1. The van der Waals surface area contributed by atoms with Gasteiger partial charge in [-0.05, 0) is 45.7 Å². The Bertz CT molecular complexity index is 555. The Morgan fingerprint density at radius 2 is 1.96 bits per heavy atom. The first kappa shape index (κ1) is 21.0. The van der Waals surface area contributed by atoms with Crippen LogP contribution in [0.3, 0.4) is 0 Å². The number of amides is 1. The van der Waals surface area contributed by atoms with Crippen LogP contribution in [0.25, 0.3) is 0 Å². The van der Waals surface area contributed by atoms with Crippen molar-refractivity contribution < 1.29 is 9.53 Å². The Labute approximate surface area is 154 Å². The smallest absolute Gasteiger partial charge is 0.407 e. The van der Waals surface area contributed by atoms with Crippen molar-refractivity contribution in [2.75, 3.05) is 19.6 Å². The summed E-state index contributed by atoms with van der Waals surface area (Å²) < 4.78 is 5.18. The third-order valence-corrected chi connectivity index (χ3v) is 3.09. The number of pyridine rings is 1. The van der Waals surface area contributed by atoms with Gasteiger partial charge in [-0.15, -0.1) is 0 Å². The standard InChI is InChI=1S/C17H28ClN5O2/c1-5-19-15(23-12-13-7-8-14(18)22-11-13)20-9-6-10-21-16(24)25-17(2,3)4/h7-8,11H,5-6,9-10,12H2,1-4H3,(H,21,24)(H2,19,20,23). The zero-order valence-electron chi connectivity index (χ0n) is 15.4. The fourth-order valence-electron chi connectivity index (χ4n) is 1.81. The first-order valence-corrected chi connectivity index (χ1v) is 8.77. The summed E-state index contributed by atoms with van der Waals surface area (Å²) in [6.45, 7) is 10.0. The van der Waals surface area contributed by atoms with Crippen LogP contribution in [-0.4, -0.2) is 42.3 Å². The van der Waals surface area contributed by atoms with Gasteiger partial charge in [-0.25, -0.2) is 14.8 Å². The van der Waals surface area contributed by atoms with Crippen LogP contribution in [0, 0.1) is 0 Å². The van der Waals surface area contributed by atoms with Crippen molar-refractivity contribution in [3.05, 3.63) is 29.0 Å². The van der Waals surface area contributed by atoms with Gasteiger partial charge in [0.05, 0.1) is 6.54 Å². The normalized spacial score (nSPS) is 11.8. The average molecular weight is 370 g/mol. The fourth-order valence-corrected chi connectivity index (χ4v) is 1.92. The lowest BCUT2D eigenvalue weighted by atomic mass is 10.2. The number of alkyl carbamates (subject to hydrolysis) is 1. The molecule has 0 spiro atoms. The topological polar surface area (TPSA) is 87.6 Å². The monoisotopic (exact) mass is 369 g/mol. The largest absolute Gasteiger partial charge is 0.444 e. The van der Waals surface area contributed by atoms with Gasteiger partial charge in [0, 0.05) is 25.8 Å². The quantitative estimate of drug-likeness (QED) is 0.297. The van der Waals surface area contributed by atoms with E-state index in [4.69, 9.17) is 16.3 Å². The molecule has 0 bridgehead atoms. The molecule has 1 amide bonds. The van der Waals surface area contributed by atoms with Gasteiger partial charge in [0.1, 0.15) is 10.8 Å². The van der Waals surface area contributed by atoms with Gasteiger partial charge in [0.2, 0.25) is 0 Å². The third kappa shape index (κ3) is 10.4. The lowest BCUT2D eigenvalue weighted by molar-refractivity contribution is 0.0527. The molecule has 0 aliphatic rings. The highest BCUT2D eigenvalue weighted by Gasteiger charge is 2.15. The van der Waals surface area contributed by atoms with Gasteiger partial charge in [0.15, 0.2) is 5.96 Å². The van der Waals surface area contributed by atoms with Crippen LogP contribution in [0.15, 0.2) is 23.3 Å². The maximum Gasteiger partial charge on any atom is 0.407 e. The minimum Gasteiger partial charge on any atom is -0.444 e. The number of rotatable bonds is 7. The zero-order valence-corrected chi connectivity index (χ0v) is 16.1. The van der Waals surface area contributed by atoms with Gasteiger partial charge >= 0.3 is 6.09 Å². The SMILES string of the molecule is CCNC(=NCc1ccc(Cl)nc1)NCCCNC(=O)OC(C)(C)C. The number of carbonyl (C=O) groups is 1. The summed E-state index contributed by atoms with van der Waals surface area (Å²) in [6.07, 6.45) is 2.06. The second-order valence-corrected chi connectivity index (χ2v) is 6.78. The molecule has 0 aliphatic carbocycles. The van der Waals surface area contributed by atoms with Crippen LogP contribution >= 0.6 is 11.6 Å². The molecule has 1 rings (SSSR count). The minimum absolute atomic E-state index is 0.400. The van der Waals surface area contributed by atoms with E-state index in [1.807, 2.05) is 33.8 Å². The summed E-state index contributed by atoms with van der Waals surface area (Å²) in [6, 6.07) is 3.64. The summed E-state index contributed by atoms with van der Waals surface area (Å²) in [5, 5.41) is 9.59. The molecule has 0 aliphatic heterocycles. The summed E-state index contributed by atoms with van der Waals surface area (Å²) in [5.41, 5.74) is 0.497. The first-order valence-electron chi connectivity index (χ1n) is 8.39. The van der Waals surface area contributed by atoms with Crippen LogP contribution in [0.1, 0.15) is 39.7 Å². The second kappa shape index (κ2) is 10.8. The highest BCUT2D eigenvalue weighted by atomic mass is 35.5. The van der Waals surface area contributed by atoms with Crippen molar-refractivity contribution in [1.82, 2.24) is 20.9 Å². The van der Waals surface area contributed by atoms with Crippen molar-refractivity contribution in [2.45, 2.75) is 46.3 Å². The van der Waals surface area contributed by atoms with Gasteiger partial charge in [-0.2, -0.15) is 0 Å². The Morgan fingerprint density at radius 1 is 1.24 bits per heavy atom. The molecule has 0 saturated carbocycles. The van der Waals surface area contributed by atoms with E-state index in [0.717, 1.165) is 24.5 Å². The van der Waals surface area contributed by atoms with E-state index < -0.39 is 11.7 Å². The van der Waals surface area contributed by atoms with Crippen molar-refractivity contribution >= 4 is 23.7 Å². The van der Waals surface area contributed by atoms with Gasteiger partial charge < -0.3 is 20.7 Å². The van der Waals surface area contributed by atoms with E-state index in [1.54, 1.807) is 12.3 Å². The van der Waals surface area contributed by atoms with E-state index in [0.29, 0.717) is 24.8 Å². The number of hydrogen-bond acceptors (Lipinski definition) is 4. The first-order chi connectivity index (χ1) is 11.8. The third-order valence-electron chi connectivity index (χ3n) is 2.87. The molecule has 0 radical (unpaired) electrons. The van der Waals surface area contributed by atoms with Gasteiger partial charge in [-0.1, -0.05) is 17.7 Å². The number of guanidine groups is 1. The van der Waals surface area contributed by atoms with Crippen molar-refractivity contribution in [3.8, 4) is 0 Å². The Morgan fingerprint density at radius 3 is 2.56 bits per heavy atom.